The van der Waals surface area contributed by atoms with E-state index in [0.717, 1.165) is 6.33 Å². The lowest BCUT2D eigenvalue weighted by Crippen LogP contribution is -2.47. The number of rotatable bonds is 7. The molecular weight excluding hydrogens is 426 g/mol. The Morgan fingerprint density at radius 2 is 1.97 bits per heavy atom. The van der Waals surface area contributed by atoms with Gasteiger partial charge in [-0.25, -0.2) is 23.4 Å². The van der Waals surface area contributed by atoms with Crippen molar-refractivity contribution in [1.29, 1.82) is 0 Å². The van der Waals surface area contributed by atoms with Crippen LogP contribution >= 0.6 is 0 Å². The van der Waals surface area contributed by atoms with Crippen molar-refractivity contribution in [2.24, 2.45) is 5.73 Å². The van der Waals surface area contributed by atoms with Gasteiger partial charge in [-0.2, -0.15) is 0 Å². The highest BCUT2D eigenvalue weighted by Crippen LogP contribution is 2.32. The fourth-order valence-corrected chi connectivity index (χ4v) is 4.17. The van der Waals surface area contributed by atoms with Gasteiger partial charge in [-0.15, -0.1) is 0 Å². The number of nitrogens with zero attached hydrogens (tertiary/aromatic N) is 4. The van der Waals surface area contributed by atoms with Crippen molar-refractivity contribution in [3.63, 3.8) is 0 Å². The smallest absolute Gasteiger partial charge is 0.305 e. The van der Waals surface area contributed by atoms with Gasteiger partial charge in [-0.05, 0) is 0 Å². The van der Waals surface area contributed by atoms with E-state index in [1.807, 2.05) is 0 Å². The fraction of sp³-hybridized carbons (Fsp3) is 0.500. The lowest BCUT2D eigenvalue weighted by Gasteiger charge is -2.17. The zero-order valence-corrected chi connectivity index (χ0v) is 16.0. The first-order valence-electron chi connectivity index (χ1n) is 8.46. The highest BCUT2D eigenvalue weighted by molar-refractivity contribution is 7.90. The standard InChI is InChI=1S/C14H19N7O8S/c15-5(1-7(22)23)13(26)20-30(27,28)2-6-9(24)10(25)14(29-6)21-4-19-8-11(16)17-3-18-12(8)21/h3-6,9-10,14,24-25H,1-2,15H2,(H,20,26)(H,22,23)(H2,16,17,18)/t5-,6+,9+,10+,14+/m0/s1. The third kappa shape index (κ3) is 4.31. The number of carbonyl (C=O) groups is 2. The Bertz CT molecular complexity index is 1070. The summed E-state index contributed by atoms with van der Waals surface area (Å²) in [5.74, 6) is -3.44. The topological polar surface area (TPSA) is 246 Å². The molecule has 5 atom stereocenters. The summed E-state index contributed by atoms with van der Waals surface area (Å²) in [4.78, 5) is 34.1. The molecule has 8 N–H and O–H groups in total. The molecule has 0 aromatic carbocycles. The molecule has 1 amide bonds. The van der Waals surface area contributed by atoms with Crippen LogP contribution in [0.15, 0.2) is 12.7 Å². The molecule has 0 bridgehead atoms. The van der Waals surface area contributed by atoms with E-state index in [9.17, 15) is 28.2 Å². The summed E-state index contributed by atoms with van der Waals surface area (Å²) < 4.78 is 32.8. The van der Waals surface area contributed by atoms with Crippen molar-refractivity contribution in [3.05, 3.63) is 12.7 Å². The highest BCUT2D eigenvalue weighted by Gasteiger charge is 2.46. The number of aliphatic carboxylic acids is 1. The van der Waals surface area contributed by atoms with E-state index in [-0.39, 0.29) is 17.0 Å². The minimum Gasteiger partial charge on any atom is -0.481 e. The summed E-state index contributed by atoms with van der Waals surface area (Å²) in [5.41, 5.74) is 11.4. The molecule has 1 saturated heterocycles. The molecule has 164 valence electrons. The number of anilines is 1. The second-order valence-corrected chi connectivity index (χ2v) is 8.35. The predicted octanol–water partition coefficient (Wildman–Crippen LogP) is -3.72. The Balaban J connectivity index is 1.74. The molecule has 16 heteroatoms. The van der Waals surface area contributed by atoms with Gasteiger partial charge >= 0.3 is 5.97 Å². The van der Waals surface area contributed by atoms with Gasteiger partial charge in [-0.3, -0.25) is 18.9 Å². The number of nitrogens with two attached hydrogens (primary N) is 2. The predicted molar refractivity (Wildman–Crippen MR) is 97.8 cm³/mol. The number of sulfonamides is 1. The molecular formula is C14H19N7O8S. The van der Waals surface area contributed by atoms with Crippen LogP contribution in [0.25, 0.3) is 11.2 Å². The molecule has 1 fully saturated rings. The first kappa shape index (κ1) is 21.8. The molecule has 1 aliphatic rings. The van der Waals surface area contributed by atoms with E-state index in [4.69, 9.17) is 21.3 Å². The summed E-state index contributed by atoms with van der Waals surface area (Å²) in [6.07, 6.45) is -4.24. The van der Waals surface area contributed by atoms with E-state index >= 15 is 0 Å². The van der Waals surface area contributed by atoms with Crippen LogP contribution in [0.1, 0.15) is 12.6 Å². The quantitative estimate of drug-likeness (QED) is 0.240. The number of carboxylic acid groups (broad SMARTS) is 1. The lowest BCUT2D eigenvalue weighted by molar-refractivity contribution is -0.139. The maximum absolute atomic E-state index is 12.2. The molecule has 0 spiro atoms. The third-order valence-electron chi connectivity index (χ3n) is 4.37. The summed E-state index contributed by atoms with van der Waals surface area (Å²) >= 11 is 0. The molecule has 2 aromatic heterocycles. The minimum absolute atomic E-state index is 0.0753. The van der Waals surface area contributed by atoms with Crippen LogP contribution in [0, 0.1) is 0 Å². The van der Waals surface area contributed by atoms with Crippen molar-refractivity contribution in [2.45, 2.75) is 37.0 Å². The zero-order valence-electron chi connectivity index (χ0n) is 15.2. The molecule has 3 rings (SSSR count). The molecule has 15 nitrogen and oxygen atoms in total. The number of nitrogen functional groups attached to an aromatic ring is 1. The Labute approximate surface area is 168 Å². The Morgan fingerprint density at radius 1 is 1.27 bits per heavy atom. The van der Waals surface area contributed by atoms with Crippen LogP contribution in [0.5, 0.6) is 0 Å². The summed E-state index contributed by atoms with van der Waals surface area (Å²) in [7, 11) is -4.38. The molecule has 3 heterocycles. The summed E-state index contributed by atoms with van der Waals surface area (Å²) in [5, 5.41) is 29.2. The number of amides is 1. The summed E-state index contributed by atoms with van der Waals surface area (Å²) in [6.45, 7) is 0. The van der Waals surface area contributed by atoms with Gasteiger partial charge in [0.15, 0.2) is 17.7 Å². The largest absolute Gasteiger partial charge is 0.481 e. The van der Waals surface area contributed by atoms with Crippen LogP contribution in [0.4, 0.5) is 5.82 Å². The number of imidazole rings is 1. The van der Waals surface area contributed by atoms with Gasteiger partial charge in [0.2, 0.25) is 10.0 Å². The molecule has 30 heavy (non-hydrogen) atoms. The van der Waals surface area contributed by atoms with Crippen molar-refractivity contribution in [3.8, 4) is 0 Å². The molecule has 1 aliphatic heterocycles. The van der Waals surface area contributed by atoms with E-state index in [1.165, 1.54) is 10.9 Å². The van der Waals surface area contributed by atoms with Gasteiger partial charge in [0.05, 0.1) is 24.5 Å². The maximum Gasteiger partial charge on any atom is 0.305 e. The number of hydrogen-bond acceptors (Lipinski definition) is 12. The minimum atomic E-state index is -4.38. The van der Waals surface area contributed by atoms with Crippen LogP contribution < -0.4 is 16.2 Å². The molecule has 2 aromatic rings. The first-order chi connectivity index (χ1) is 14.0. The van der Waals surface area contributed by atoms with Crippen molar-refractivity contribution in [2.75, 3.05) is 11.5 Å². The number of aliphatic hydroxyl groups excluding tert-OH is 2. The monoisotopic (exact) mass is 445 g/mol. The molecule has 0 aliphatic carbocycles. The van der Waals surface area contributed by atoms with Gasteiger partial charge in [-0.1, -0.05) is 0 Å². The second kappa shape index (κ2) is 8.07. The Hall–Kier alpha value is -2.92. The SMILES string of the molecule is Nc1ncnc2c1ncn2[C@@H]1O[C@H](CS(=O)(=O)NC(=O)[C@@H](N)CC(=O)O)[C@@H](O)[C@H]1O. The Kier molecular flexibility index (Phi) is 5.86. The number of hydrogen-bond donors (Lipinski definition) is 6. The average molecular weight is 445 g/mol. The van der Waals surface area contributed by atoms with Crippen LogP contribution in [-0.2, 0) is 24.3 Å². The van der Waals surface area contributed by atoms with E-state index < -0.39 is 64.7 Å². The van der Waals surface area contributed by atoms with E-state index in [1.54, 1.807) is 4.72 Å². The van der Waals surface area contributed by atoms with Crippen LogP contribution in [0.2, 0.25) is 0 Å². The van der Waals surface area contributed by atoms with Crippen molar-refractivity contribution < 1.29 is 38.1 Å². The summed E-state index contributed by atoms with van der Waals surface area (Å²) in [6, 6.07) is -1.59. The average Bonchev–Trinajstić information content (AvgIpc) is 3.18. The van der Waals surface area contributed by atoms with Gasteiger partial charge in [0, 0.05) is 0 Å². The molecule has 0 radical (unpaired) electrons. The Morgan fingerprint density at radius 3 is 2.63 bits per heavy atom. The van der Waals surface area contributed by atoms with Gasteiger partial charge < -0.3 is 31.5 Å². The number of fused-ring (bicyclic) bond motifs is 1. The number of aliphatic hydroxyl groups is 2. The first-order valence-corrected chi connectivity index (χ1v) is 10.1. The van der Waals surface area contributed by atoms with Crippen molar-refractivity contribution in [1.82, 2.24) is 24.2 Å². The molecule has 0 saturated carbocycles. The molecule has 0 unspecified atom stereocenters. The lowest BCUT2D eigenvalue weighted by atomic mass is 10.1. The van der Waals surface area contributed by atoms with Crippen molar-refractivity contribution >= 4 is 38.9 Å². The van der Waals surface area contributed by atoms with Crippen LogP contribution in [-0.4, -0.2) is 85.2 Å². The number of nitrogens with one attached hydrogen (secondary N) is 1. The van der Waals surface area contributed by atoms with Crippen LogP contribution in [0.3, 0.4) is 0 Å². The fourth-order valence-electron chi connectivity index (χ4n) is 2.92. The van der Waals surface area contributed by atoms with Gasteiger partial charge in [0.25, 0.3) is 5.91 Å². The number of aromatic nitrogens is 4. The number of carboxylic acids is 1. The highest BCUT2D eigenvalue weighted by atomic mass is 32.2. The third-order valence-corrected chi connectivity index (χ3v) is 5.65. The van der Waals surface area contributed by atoms with E-state index in [2.05, 4.69) is 15.0 Å². The zero-order chi connectivity index (χ0) is 22.2. The normalized spacial score (nSPS) is 25.3. The van der Waals surface area contributed by atoms with E-state index in [0.29, 0.717) is 0 Å². The number of ether oxygens (including phenoxy) is 1. The number of carbonyl (C=O) groups excluding carboxylic acids is 1. The maximum atomic E-state index is 12.2. The van der Waals surface area contributed by atoms with Gasteiger partial charge in [0.1, 0.15) is 30.2 Å². The second-order valence-electron chi connectivity index (χ2n) is 6.58.